The third-order valence-electron chi connectivity index (χ3n) is 3.66. The monoisotopic (exact) mass is 269 g/mol. The molecule has 0 fully saturated rings. The Morgan fingerprint density at radius 2 is 1.55 bits per heavy atom. The predicted molar refractivity (Wildman–Crippen MR) is 83.6 cm³/mol. The first-order chi connectivity index (χ1) is 9.79. The van der Waals surface area contributed by atoms with Crippen LogP contribution in [-0.4, -0.2) is 17.8 Å². The highest BCUT2D eigenvalue weighted by Gasteiger charge is 2.13. The average molecular weight is 269 g/mol. The van der Waals surface area contributed by atoms with Crippen molar-refractivity contribution in [2.45, 2.75) is 31.8 Å². The van der Waals surface area contributed by atoms with Crippen LogP contribution in [-0.2, 0) is 6.54 Å². The average Bonchev–Trinajstić information content (AvgIpc) is 2.53. The molecule has 2 nitrogen and oxygen atoms in total. The number of rotatable bonds is 7. The van der Waals surface area contributed by atoms with Crippen molar-refractivity contribution in [3.8, 4) is 0 Å². The topological polar surface area (TPSA) is 32.3 Å². The van der Waals surface area contributed by atoms with E-state index in [1.54, 1.807) is 0 Å². The van der Waals surface area contributed by atoms with Crippen molar-refractivity contribution < 1.29 is 5.11 Å². The number of nitrogens with one attached hydrogen (secondary N) is 1. The fourth-order valence-corrected chi connectivity index (χ4v) is 2.42. The van der Waals surface area contributed by atoms with Crippen LogP contribution in [0.4, 0.5) is 0 Å². The predicted octanol–water partition coefficient (Wildman–Crippen LogP) is 3.33. The summed E-state index contributed by atoms with van der Waals surface area (Å²) in [6.07, 6.45) is 0.938. The fourth-order valence-electron chi connectivity index (χ4n) is 2.42. The Morgan fingerprint density at radius 1 is 0.950 bits per heavy atom. The molecule has 2 aromatic carbocycles. The lowest BCUT2D eigenvalue weighted by molar-refractivity contribution is 0.229. The van der Waals surface area contributed by atoms with Crippen LogP contribution in [0.2, 0.25) is 0 Å². The second-order valence-electron chi connectivity index (χ2n) is 5.29. The highest BCUT2D eigenvalue weighted by Crippen LogP contribution is 2.20. The molecule has 0 saturated carbocycles. The second kappa shape index (κ2) is 7.83. The minimum Gasteiger partial charge on any atom is -0.395 e. The highest BCUT2D eigenvalue weighted by molar-refractivity contribution is 5.19. The largest absolute Gasteiger partial charge is 0.395 e. The van der Waals surface area contributed by atoms with Gasteiger partial charge in [-0.1, -0.05) is 67.6 Å². The van der Waals surface area contributed by atoms with Gasteiger partial charge >= 0.3 is 0 Å². The molecular formula is C18H23NO. The molecule has 0 spiro atoms. The number of aliphatic hydroxyl groups excluding tert-OH is 1. The lowest BCUT2D eigenvalue weighted by Crippen LogP contribution is -2.33. The minimum atomic E-state index is 0.130. The Labute approximate surface area is 121 Å². The fraction of sp³-hybridized carbons (Fsp3) is 0.333. The summed E-state index contributed by atoms with van der Waals surface area (Å²) in [6, 6.07) is 20.9. The third kappa shape index (κ3) is 4.48. The zero-order chi connectivity index (χ0) is 14.2. The van der Waals surface area contributed by atoms with Crippen molar-refractivity contribution in [2.24, 2.45) is 0 Å². The van der Waals surface area contributed by atoms with Gasteiger partial charge in [-0.25, -0.2) is 0 Å². The lowest BCUT2D eigenvalue weighted by atomic mass is 9.94. The summed E-state index contributed by atoms with van der Waals surface area (Å²) < 4.78 is 0. The number of aliphatic hydroxyl groups is 1. The van der Waals surface area contributed by atoms with Gasteiger partial charge in [0.15, 0.2) is 0 Å². The van der Waals surface area contributed by atoms with Gasteiger partial charge in [-0.2, -0.15) is 0 Å². The zero-order valence-electron chi connectivity index (χ0n) is 12.0. The van der Waals surface area contributed by atoms with Gasteiger partial charge in [-0.3, -0.25) is 0 Å². The van der Waals surface area contributed by atoms with E-state index in [0.717, 1.165) is 13.0 Å². The van der Waals surface area contributed by atoms with Crippen molar-refractivity contribution in [1.82, 2.24) is 5.32 Å². The Balaban J connectivity index is 1.86. The molecule has 2 heteroatoms. The van der Waals surface area contributed by atoms with Gasteiger partial charge in [0, 0.05) is 12.6 Å². The summed E-state index contributed by atoms with van der Waals surface area (Å²) in [7, 11) is 0. The summed E-state index contributed by atoms with van der Waals surface area (Å²) in [5.41, 5.74) is 2.57. The van der Waals surface area contributed by atoms with E-state index in [1.807, 2.05) is 24.3 Å². The normalized spacial score (nSPS) is 13.9. The molecule has 2 N–H and O–H groups in total. The van der Waals surface area contributed by atoms with Crippen molar-refractivity contribution in [1.29, 1.82) is 0 Å². The van der Waals surface area contributed by atoms with E-state index in [9.17, 15) is 5.11 Å². The van der Waals surface area contributed by atoms with Gasteiger partial charge in [-0.05, 0) is 23.5 Å². The van der Waals surface area contributed by atoms with Gasteiger partial charge in [0.2, 0.25) is 0 Å². The van der Waals surface area contributed by atoms with Crippen molar-refractivity contribution in [3.05, 3.63) is 71.8 Å². The maximum absolute atomic E-state index is 9.54. The highest BCUT2D eigenvalue weighted by atomic mass is 16.3. The Hall–Kier alpha value is -1.64. The van der Waals surface area contributed by atoms with Gasteiger partial charge in [0.25, 0.3) is 0 Å². The molecule has 20 heavy (non-hydrogen) atoms. The summed E-state index contributed by atoms with van der Waals surface area (Å²) in [6.45, 7) is 3.18. The molecule has 0 aliphatic rings. The van der Waals surface area contributed by atoms with Gasteiger partial charge in [0.05, 0.1) is 6.61 Å². The first-order valence-electron chi connectivity index (χ1n) is 7.22. The zero-order valence-corrected chi connectivity index (χ0v) is 12.0. The van der Waals surface area contributed by atoms with E-state index >= 15 is 0 Å². The molecule has 0 amide bonds. The van der Waals surface area contributed by atoms with E-state index in [-0.39, 0.29) is 12.6 Å². The van der Waals surface area contributed by atoms with Crippen molar-refractivity contribution >= 4 is 0 Å². The van der Waals surface area contributed by atoms with E-state index in [0.29, 0.717) is 5.92 Å². The van der Waals surface area contributed by atoms with Crippen LogP contribution in [0.1, 0.15) is 30.4 Å². The van der Waals surface area contributed by atoms with Gasteiger partial charge in [-0.15, -0.1) is 0 Å². The van der Waals surface area contributed by atoms with Crippen LogP contribution in [0.5, 0.6) is 0 Å². The molecule has 2 atom stereocenters. The van der Waals surface area contributed by atoms with E-state index < -0.39 is 0 Å². The van der Waals surface area contributed by atoms with Crippen molar-refractivity contribution in [2.75, 3.05) is 6.61 Å². The summed E-state index contributed by atoms with van der Waals surface area (Å²) in [5.74, 6) is 0.441. The molecule has 0 radical (unpaired) electrons. The van der Waals surface area contributed by atoms with E-state index in [1.165, 1.54) is 11.1 Å². The molecule has 0 saturated heterocycles. The standard InChI is InChI=1S/C18H23NO/c1-15(17-10-6-3-7-11-17)12-18(14-20)19-13-16-8-4-2-5-9-16/h2-11,15,18-20H,12-14H2,1H3. The Kier molecular flexibility index (Phi) is 5.78. The second-order valence-corrected chi connectivity index (χ2v) is 5.29. The molecule has 0 bridgehead atoms. The Bertz CT molecular complexity index is 483. The molecular weight excluding hydrogens is 246 g/mol. The maximum Gasteiger partial charge on any atom is 0.0584 e. The van der Waals surface area contributed by atoms with E-state index in [2.05, 4.69) is 48.6 Å². The lowest BCUT2D eigenvalue weighted by Gasteiger charge is -2.21. The Morgan fingerprint density at radius 3 is 2.15 bits per heavy atom. The van der Waals surface area contributed by atoms with Crippen LogP contribution in [0.15, 0.2) is 60.7 Å². The van der Waals surface area contributed by atoms with Crippen LogP contribution in [0.3, 0.4) is 0 Å². The van der Waals surface area contributed by atoms with Crippen LogP contribution < -0.4 is 5.32 Å². The first kappa shape index (κ1) is 14.8. The molecule has 106 valence electrons. The number of benzene rings is 2. The van der Waals surface area contributed by atoms with Gasteiger partial charge < -0.3 is 10.4 Å². The molecule has 0 heterocycles. The van der Waals surface area contributed by atoms with Crippen LogP contribution in [0.25, 0.3) is 0 Å². The third-order valence-corrected chi connectivity index (χ3v) is 3.66. The van der Waals surface area contributed by atoms with E-state index in [4.69, 9.17) is 0 Å². The molecule has 0 aliphatic heterocycles. The summed E-state index contributed by atoms with van der Waals surface area (Å²) in [4.78, 5) is 0. The SMILES string of the molecule is CC(CC(CO)NCc1ccccc1)c1ccccc1. The quantitative estimate of drug-likeness (QED) is 0.808. The first-order valence-corrected chi connectivity index (χ1v) is 7.22. The smallest absolute Gasteiger partial charge is 0.0584 e. The summed E-state index contributed by atoms with van der Waals surface area (Å²) in [5, 5.41) is 13.0. The molecule has 0 aliphatic carbocycles. The molecule has 0 aromatic heterocycles. The number of hydrogen-bond acceptors (Lipinski definition) is 2. The van der Waals surface area contributed by atoms with Gasteiger partial charge in [0.1, 0.15) is 0 Å². The minimum absolute atomic E-state index is 0.130. The van der Waals surface area contributed by atoms with Crippen LogP contribution in [0, 0.1) is 0 Å². The van der Waals surface area contributed by atoms with Crippen LogP contribution >= 0.6 is 0 Å². The maximum atomic E-state index is 9.54. The molecule has 2 unspecified atom stereocenters. The summed E-state index contributed by atoms with van der Waals surface area (Å²) >= 11 is 0. The molecule has 2 rings (SSSR count). The van der Waals surface area contributed by atoms with Crippen molar-refractivity contribution in [3.63, 3.8) is 0 Å². The molecule has 2 aromatic rings. The number of hydrogen-bond donors (Lipinski definition) is 2.